The first kappa shape index (κ1) is 16.9. The summed E-state index contributed by atoms with van der Waals surface area (Å²) in [6.07, 6.45) is 3.56. The Morgan fingerprint density at radius 1 is 1.38 bits per heavy atom. The van der Waals surface area contributed by atoms with Gasteiger partial charge in [0, 0.05) is 30.1 Å². The summed E-state index contributed by atoms with van der Waals surface area (Å²) in [5, 5.41) is 2.17. The lowest BCUT2D eigenvalue weighted by atomic mass is 9.85. The molecule has 0 aromatic carbocycles. The summed E-state index contributed by atoms with van der Waals surface area (Å²) >= 11 is 1.86. The third-order valence-corrected chi connectivity index (χ3v) is 5.81. The van der Waals surface area contributed by atoms with Gasteiger partial charge in [-0.15, -0.1) is 11.3 Å². The highest BCUT2D eigenvalue weighted by atomic mass is 32.1. The van der Waals surface area contributed by atoms with Crippen molar-refractivity contribution >= 4 is 11.3 Å². The van der Waals surface area contributed by atoms with Crippen molar-refractivity contribution in [3.05, 3.63) is 22.4 Å². The van der Waals surface area contributed by atoms with Crippen molar-refractivity contribution in [1.29, 1.82) is 0 Å². The predicted octanol–water partition coefficient (Wildman–Crippen LogP) is 2.67. The van der Waals surface area contributed by atoms with Crippen molar-refractivity contribution in [1.82, 2.24) is 9.80 Å². The Balaban J connectivity index is 1.86. The van der Waals surface area contributed by atoms with Gasteiger partial charge in [-0.3, -0.25) is 4.90 Å². The van der Waals surface area contributed by atoms with Gasteiger partial charge in [0.15, 0.2) is 0 Å². The molecule has 120 valence electrons. The van der Waals surface area contributed by atoms with Gasteiger partial charge < -0.3 is 10.6 Å². The van der Waals surface area contributed by atoms with Gasteiger partial charge in [0.25, 0.3) is 0 Å². The lowest BCUT2D eigenvalue weighted by Crippen LogP contribution is -2.58. The van der Waals surface area contributed by atoms with Crippen LogP contribution in [-0.4, -0.2) is 55.1 Å². The van der Waals surface area contributed by atoms with Crippen molar-refractivity contribution in [2.45, 2.75) is 38.6 Å². The summed E-state index contributed by atoms with van der Waals surface area (Å²) in [5.74, 6) is 0.756. The number of likely N-dealkylation sites (tertiary alicyclic amines) is 1. The van der Waals surface area contributed by atoms with E-state index in [9.17, 15) is 0 Å². The maximum Gasteiger partial charge on any atom is 0.0353 e. The highest BCUT2D eigenvalue weighted by molar-refractivity contribution is 7.09. The highest BCUT2D eigenvalue weighted by Crippen LogP contribution is 2.28. The van der Waals surface area contributed by atoms with E-state index in [2.05, 4.69) is 48.2 Å². The van der Waals surface area contributed by atoms with E-state index in [0.717, 1.165) is 25.4 Å². The second-order valence-corrected chi connectivity index (χ2v) is 7.91. The van der Waals surface area contributed by atoms with Crippen LogP contribution < -0.4 is 5.73 Å². The summed E-state index contributed by atoms with van der Waals surface area (Å²) in [5.41, 5.74) is 6.39. The smallest absolute Gasteiger partial charge is 0.0353 e. The number of thiophene rings is 1. The van der Waals surface area contributed by atoms with E-state index in [1.54, 1.807) is 0 Å². The van der Waals surface area contributed by atoms with E-state index in [0.29, 0.717) is 0 Å². The third-order valence-electron chi connectivity index (χ3n) is 4.87. The van der Waals surface area contributed by atoms with Crippen LogP contribution in [0.1, 0.15) is 31.6 Å². The van der Waals surface area contributed by atoms with Gasteiger partial charge in [0.05, 0.1) is 0 Å². The lowest BCUT2D eigenvalue weighted by molar-refractivity contribution is 0.0422. The van der Waals surface area contributed by atoms with E-state index in [-0.39, 0.29) is 5.54 Å². The molecule has 0 aliphatic carbocycles. The maximum atomic E-state index is 6.18. The van der Waals surface area contributed by atoms with Gasteiger partial charge >= 0.3 is 0 Å². The molecule has 2 heterocycles. The Morgan fingerprint density at radius 3 is 2.62 bits per heavy atom. The van der Waals surface area contributed by atoms with Crippen LogP contribution in [0, 0.1) is 5.92 Å². The minimum Gasteiger partial charge on any atom is -0.329 e. The van der Waals surface area contributed by atoms with Crippen LogP contribution >= 0.6 is 11.3 Å². The molecule has 1 aliphatic rings. The maximum absolute atomic E-state index is 6.18. The number of piperidine rings is 1. The zero-order chi connectivity index (χ0) is 15.3. The fraction of sp³-hybridized carbons (Fsp3) is 0.765. The number of hydrogen-bond donors (Lipinski definition) is 1. The van der Waals surface area contributed by atoms with Crippen LogP contribution in [0.2, 0.25) is 0 Å². The van der Waals surface area contributed by atoms with Gasteiger partial charge in [0.1, 0.15) is 0 Å². The fourth-order valence-electron chi connectivity index (χ4n) is 3.38. The molecule has 1 saturated heterocycles. The van der Waals surface area contributed by atoms with Gasteiger partial charge in [0.2, 0.25) is 0 Å². The molecule has 0 radical (unpaired) electrons. The van der Waals surface area contributed by atoms with E-state index in [1.807, 2.05) is 11.3 Å². The summed E-state index contributed by atoms with van der Waals surface area (Å²) in [7, 11) is 2.26. The number of rotatable bonds is 7. The molecule has 3 nitrogen and oxygen atoms in total. The first-order chi connectivity index (χ1) is 10.1. The van der Waals surface area contributed by atoms with Crippen LogP contribution in [-0.2, 0) is 6.42 Å². The molecule has 0 saturated carbocycles. The zero-order valence-electron chi connectivity index (χ0n) is 13.8. The number of nitrogens with zero attached hydrogens (tertiary/aromatic N) is 2. The molecule has 0 amide bonds. The molecule has 21 heavy (non-hydrogen) atoms. The zero-order valence-corrected chi connectivity index (χ0v) is 14.7. The van der Waals surface area contributed by atoms with E-state index < -0.39 is 0 Å². The topological polar surface area (TPSA) is 32.5 Å². The van der Waals surface area contributed by atoms with Gasteiger partial charge in [-0.2, -0.15) is 0 Å². The largest absolute Gasteiger partial charge is 0.329 e. The monoisotopic (exact) mass is 309 g/mol. The summed E-state index contributed by atoms with van der Waals surface area (Å²) in [6, 6.07) is 4.38. The fourth-order valence-corrected chi connectivity index (χ4v) is 4.08. The molecule has 0 unspecified atom stereocenters. The second kappa shape index (κ2) is 7.73. The standard InChI is InChI=1S/C17H31N3S/c1-15(2)13-20-10-7-17(14-18,8-11-20)19(3)9-6-16-5-4-12-21-16/h4-5,12,15H,6-11,13-14,18H2,1-3H3. The first-order valence-corrected chi connectivity index (χ1v) is 9.10. The molecule has 2 N–H and O–H groups in total. The van der Waals surface area contributed by atoms with Crippen LogP contribution in [0.5, 0.6) is 0 Å². The Hall–Kier alpha value is -0.420. The average molecular weight is 310 g/mol. The Bertz CT molecular complexity index is 394. The van der Waals surface area contributed by atoms with E-state index in [1.165, 1.54) is 37.4 Å². The molecule has 4 heteroatoms. The van der Waals surface area contributed by atoms with Crippen molar-refractivity contribution in [3.63, 3.8) is 0 Å². The van der Waals surface area contributed by atoms with Gasteiger partial charge in [-0.05, 0) is 56.8 Å². The molecule has 0 bridgehead atoms. The summed E-state index contributed by atoms with van der Waals surface area (Å²) in [6.45, 7) is 10.1. The Labute approximate surface area is 134 Å². The quantitative estimate of drug-likeness (QED) is 0.840. The lowest BCUT2D eigenvalue weighted by Gasteiger charge is -2.47. The molecule has 0 spiro atoms. The predicted molar refractivity (Wildman–Crippen MR) is 93.0 cm³/mol. The SMILES string of the molecule is CC(C)CN1CCC(CN)(N(C)CCc2cccs2)CC1. The van der Waals surface area contributed by atoms with E-state index in [4.69, 9.17) is 5.73 Å². The van der Waals surface area contributed by atoms with Crippen LogP contribution in [0.4, 0.5) is 0 Å². The average Bonchev–Trinajstić information content (AvgIpc) is 2.98. The molecule has 1 aliphatic heterocycles. The minimum atomic E-state index is 0.213. The van der Waals surface area contributed by atoms with Crippen molar-refractivity contribution in [2.75, 3.05) is 39.8 Å². The number of nitrogens with two attached hydrogens (primary N) is 1. The first-order valence-electron chi connectivity index (χ1n) is 8.22. The number of likely N-dealkylation sites (N-methyl/N-ethyl adjacent to an activating group) is 1. The normalized spacial score (nSPS) is 19.5. The second-order valence-electron chi connectivity index (χ2n) is 6.87. The molecule has 1 aromatic rings. The highest BCUT2D eigenvalue weighted by Gasteiger charge is 2.36. The van der Waals surface area contributed by atoms with Crippen molar-refractivity contribution < 1.29 is 0 Å². The molecule has 2 rings (SSSR count). The number of hydrogen-bond acceptors (Lipinski definition) is 4. The summed E-state index contributed by atoms with van der Waals surface area (Å²) < 4.78 is 0. The summed E-state index contributed by atoms with van der Waals surface area (Å²) in [4.78, 5) is 6.61. The molecular weight excluding hydrogens is 278 g/mol. The molecule has 0 atom stereocenters. The Kier molecular flexibility index (Phi) is 6.23. The minimum absolute atomic E-state index is 0.213. The molecular formula is C17H31N3S. The van der Waals surface area contributed by atoms with E-state index >= 15 is 0 Å². The van der Waals surface area contributed by atoms with Crippen LogP contribution in [0.25, 0.3) is 0 Å². The van der Waals surface area contributed by atoms with Crippen LogP contribution in [0.15, 0.2) is 17.5 Å². The van der Waals surface area contributed by atoms with Gasteiger partial charge in [-0.25, -0.2) is 0 Å². The van der Waals surface area contributed by atoms with Crippen LogP contribution in [0.3, 0.4) is 0 Å². The Morgan fingerprint density at radius 2 is 2.10 bits per heavy atom. The third kappa shape index (κ3) is 4.52. The molecule has 1 aromatic heterocycles. The van der Waals surface area contributed by atoms with Crippen molar-refractivity contribution in [3.8, 4) is 0 Å². The molecule has 1 fully saturated rings. The van der Waals surface area contributed by atoms with Crippen molar-refractivity contribution in [2.24, 2.45) is 11.7 Å². The van der Waals surface area contributed by atoms with Gasteiger partial charge in [-0.1, -0.05) is 19.9 Å².